The fourth-order valence-electron chi connectivity index (χ4n) is 1.71. The molecule has 0 aliphatic heterocycles. The average molecular weight is 244 g/mol. The predicted molar refractivity (Wildman–Crippen MR) is 67.0 cm³/mol. The lowest BCUT2D eigenvalue weighted by molar-refractivity contribution is -0.142. The zero-order valence-electron chi connectivity index (χ0n) is 11.3. The Kier molecular flexibility index (Phi) is 7.34. The Morgan fingerprint density at radius 3 is 2.18 bits per heavy atom. The maximum atomic E-state index is 11.9. The minimum atomic E-state index is -0.953. The van der Waals surface area contributed by atoms with Crippen LogP contribution in [0.5, 0.6) is 0 Å². The SMILES string of the molecule is CCCCCN(C)C(=O)N(C)C(CC)C(=O)O. The molecular weight excluding hydrogens is 220 g/mol. The molecule has 0 aromatic carbocycles. The van der Waals surface area contributed by atoms with E-state index in [2.05, 4.69) is 6.92 Å². The fourth-order valence-corrected chi connectivity index (χ4v) is 1.71. The first kappa shape index (κ1) is 15.7. The van der Waals surface area contributed by atoms with E-state index in [9.17, 15) is 9.59 Å². The zero-order chi connectivity index (χ0) is 13.4. The normalized spacial score (nSPS) is 12.0. The second kappa shape index (κ2) is 7.92. The maximum Gasteiger partial charge on any atom is 0.326 e. The number of hydrogen-bond donors (Lipinski definition) is 1. The summed E-state index contributed by atoms with van der Waals surface area (Å²) in [7, 11) is 3.25. The highest BCUT2D eigenvalue weighted by Crippen LogP contribution is 2.06. The first-order valence-electron chi connectivity index (χ1n) is 6.16. The fraction of sp³-hybridized carbons (Fsp3) is 0.833. The molecule has 1 unspecified atom stereocenters. The van der Waals surface area contributed by atoms with Crippen molar-refractivity contribution in [2.75, 3.05) is 20.6 Å². The maximum absolute atomic E-state index is 11.9. The van der Waals surface area contributed by atoms with Crippen molar-refractivity contribution >= 4 is 12.0 Å². The van der Waals surface area contributed by atoms with Crippen LogP contribution in [0.4, 0.5) is 4.79 Å². The van der Waals surface area contributed by atoms with Gasteiger partial charge in [-0.05, 0) is 12.8 Å². The molecule has 0 aromatic heterocycles. The Labute approximate surface area is 103 Å². The van der Waals surface area contributed by atoms with Crippen molar-refractivity contribution in [2.24, 2.45) is 0 Å². The quantitative estimate of drug-likeness (QED) is 0.697. The summed E-state index contributed by atoms with van der Waals surface area (Å²) in [6, 6.07) is -0.966. The number of likely N-dealkylation sites (N-methyl/N-ethyl adjacent to an activating group) is 1. The summed E-state index contributed by atoms with van der Waals surface area (Å²) in [6.07, 6.45) is 3.55. The molecule has 2 amide bonds. The lowest BCUT2D eigenvalue weighted by Gasteiger charge is -2.28. The number of carboxylic acid groups (broad SMARTS) is 1. The van der Waals surface area contributed by atoms with Crippen LogP contribution in [-0.2, 0) is 4.79 Å². The van der Waals surface area contributed by atoms with E-state index in [4.69, 9.17) is 5.11 Å². The number of rotatable bonds is 7. The summed E-state index contributed by atoms with van der Waals surface area (Å²) in [6.45, 7) is 4.54. The van der Waals surface area contributed by atoms with Crippen molar-refractivity contribution in [1.82, 2.24) is 9.80 Å². The Bertz CT molecular complexity index is 256. The molecule has 0 rings (SSSR count). The molecule has 0 saturated heterocycles. The van der Waals surface area contributed by atoms with E-state index in [1.807, 2.05) is 0 Å². The number of unbranched alkanes of at least 4 members (excludes halogenated alkanes) is 2. The molecule has 0 radical (unpaired) electrons. The number of aliphatic carboxylic acids is 1. The van der Waals surface area contributed by atoms with Crippen LogP contribution in [0.2, 0.25) is 0 Å². The van der Waals surface area contributed by atoms with Gasteiger partial charge in [0.25, 0.3) is 0 Å². The van der Waals surface area contributed by atoms with Crippen LogP contribution in [0.15, 0.2) is 0 Å². The number of carbonyl (C=O) groups excluding carboxylic acids is 1. The van der Waals surface area contributed by atoms with Gasteiger partial charge in [-0.25, -0.2) is 9.59 Å². The van der Waals surface area contributed by atoms with Crippen LogP contribution in [0.3, 0.4) is 0 Å². The monoisotopic (exact) mass is 244 g/mol. The van der Waals surface area contributed by atoms with Gasteiger partial charge in [0, 0.05) is 20.6 Å². The Morgan fingerprint density at radius 1 is 1.18 bits per heavy atom. The summed E-state index contributed by atoms with van der Waals surface area (Å²) in [5.74, 6) is -0.953. The van der Waals surface area contributed by atoms with E-state index >= 15 is 0 Å². The van der Waals surface area contributed by atoms with Crippen molar-refractivity contribution in [1.29, 1.82) is 0 Å². The third-order valence-corrected chi connectivity index (χ3v) is 2.86. The molecule has 0 fully saturated rings. The van der Waals surface area contributed by atoms with Crippen molar-refractivity contribution in [3.05, 3.63) is 0 Å². The molecule has 0 saturated carbocycles. The van der Waals surface area contributed by atoms with Crippen molar-refractivity contribution in [3.63, 3.8) is 0 Å². The molecular formula is C12H24N2O3. The molecule has 0 heterocycles. The molecule has 5 nitrogen and oxygen atoms in total. The largest absolute Gasteiger partial charge is 0.480 e. The van der Waals surface area contributed by atoms with Crippen LogP contribution >= 0.6 is 0 Å². The number of amides is 2. The number of carboxylic acids is 1. The number of nitrogens with zero attached hydrogens (tertiary/aromatic N) is 2. The van der Waals surface area contributed by atoms with Crippen molar-refractivity contribution in [2.45, 2.75) is 45.6 Å². The zero-order valence-corrected chi connectivity index (χ0v) is 11.3. The summed E-state index contributed by atoms with van der Waals surface area (Å²) >= 11 is 0. The summed E-state index contributed by atoms with van der Waals surface area (Å²) < 4.78 is 0. The number of hydrogen-bond acceptors (Lipinski definition) is 2. The lowest BCUT2D eigenvalue weighted by atomic mass is 10.2. The van der Waals surface area contributed by atoms with E-state index < -0.39 is 12.0 Å². The Balaban J connectivity index is 4.31. The first-order chi connectivity index (χ1) is 7.95. The van der Waals surface area contributed by atoms with Gasteiger partial charge in [-0.2, -0.15) is 0 Å². The van der Waals surface area contributed by atoms with Crippen molar-refractivity contribution in [3.8, 4) is 0 Å². The van der Waals surface area contributed by atoms with Gasteiger partial charge < -0.3 is 14.9 Å². The van der Waals surface area contributed by atoms with Crippen LogP contribution in [0.1, 0.15) is 39.5 Å². The van der Waals surface area contributed by atoms with Gasteiger partial charge in [-0.15, -0.1) is 0 Å². The second-order valence-electron chi connectivity index (χ2n) is 4.28. The van der Waals surface area contributed by atoms with Gasteiger partial charge in [0.15, 0.2) is 0 Å². The molecule has 1 N–H and O–H groups in total. The van der Waals surface area contributed by atoms with Gasteiger partial charge in [0.2, 0.25) is 0 Å². The van der Waals surface area contributed by atoms with Crippen molar-refractivity contribution < 1.29 is 14.7 Å². The van der Waals surface area contributed by atoms with E-state index in [0.717, 1.165) is 19.3 Å². The third kappa shape index (κ3) is 5.06. The molecule has 0 spiro atoms. The lowest BCUT2D eigenvalue weighted by Crippen LogP contribution is -2.47. The van der Waals surface area contributed by atoms with E-state index in [1.165, 1.54) is 4.90 Å². The number of carbonyl (C=O) groups is 2. The van der Waals surface area contributed by atoms with E-state index in [-0.39, 0.29) is 6.03 Å². The van der Waals surface area contributed by atoms with Gasteiger partial charge >= 0.3 is 12.0 Å². The first-order valence-corrected chi connectivity index (χ1v) is 6.16. The van der Waals surface area contributed by atoms with Gasteiger partial charge in [-0.3, -0.25) is 0 Å². The number of urea groups is 1. The standard InChI is InChI=1S/C12H24N2O3/c1-5-7-8-9-13(3)12(17)14(4)10(6-2)11(15)16/h10H,5-9H2,1-4H3,(H,15,16). The van der Waals surface area contributed by atoms with Gasteiger partial charge in [0.1, 0.15) is 6.04 Å². The molecule has 0 aromatic rings. The highest BCUT2D eigenvalue weighted by Gasteiger charge is 2.26. The third-order valence-electron chi connectivity index (χ3n) is 2.86. The molecule has 17 heavy (non-hydrogen) atoms. The molecule has 1 atom stereocenters. The van der Waals surface area contributed by atoms with Gasteiger partial charge in [-0.1, -0.05) is 26.7 Å². The highest BCUT2D eigenvalue weighted by molar-refractivity contribution is 5.82. The van der Waals surface area contributed by atoms with Gasteiger partial charge in [0.05, 0.1) is 0 Å². The smallest absolute Gasteiger partial charge is 0.326 e. The van der Waals surface area contributed by atoms with Crippen LogP contribution in [0.25, 0.3) is 0 Å². The Morgan fingerprint density at radius 2 is 1.76 bits per heavy atom. The second-order valence-corrected chi connectivity index (χ2v) is 4.28. The molecule has 5 heteroatoms. The molecule has 0 aliphatic rings. The minimum Gasteiger partial charge on any atom is -0.480 e. The summed E-state index contributed by atoms with van der Waals surface area (Å²) in [5.41, 5.74) is 0. The topological polar surface area (TPSA) is 60.9 Å². The van der Waals surface area contributed by atoms with E-state index in [0.29, 0.717) is 13.0 Å². The molecule has 0 bridgehead atoms. The summed E-state index contributed by atoms with van der Waals surface area (Å²) in [5, 5.41) is 8.98. The minimum absolute atomic E-state index is 0.227. The van der Waals surface area contributed by atoms with Crippen LogP contribution in [0, 0.1) is 0 Å². The molecule has 0 aliphatic carbocycles. The van der Waals surface area contributed by atoms with Crippen LogP contribution < -0.4 is 0 Å². The predicted octanol–water partition coefficient (Wildman–Crippen LogP) is 2.02. The highest BCUT2D eigenvalue weighted by atomic mass is 16.4. The van der Waals surface area contributed by atoms with E-state index in [1.54, 1.807) is 25.9 Å². The Hall–Kier alpha value is -1.26. The average Bonchev–Trinajstić information content (AvgIpc) is 2.28. The molecule has 100 valence electrons. The van der Waals surface area contributed by atoms with Crippen LogP contribution in [-0.4, -0.2) is 53.6 Å². The summed E-state index contributed by atoms with van der Waals surface area (Å²) in [4.78, 5) is 25.8.